The van der Waals surface area contributed by atoms with E-state index in [1.807, 2.05) is 12.2 Å². The SMILES string of the molecule is CC/C=C\C/C=C\C/C=C\C/C=C\C/C=C\CCCC(=O)OC(COC(=O)CCCCCCCCCCCCC/C=C\C/C=C\CCCCCCC)COC1OC(CS(=O)(=O)O)C(O)C(O)C1O. The first-order valence-electron chi connectivity index (χ1n) is 26.1. The lowest BCUT2D eigenvalue weighted by Crippen LogP contribution is -2.60. The maximum absolute atomic E-state index is 12.8. The van der Waals surface area contributed by atoms with Crippen LogP contribution in [0.2, 0.25) is 0 Å². The topological polar surface area (TPSA) is 186 Å². The summed E-state index contributed by atoms with van der Waals surface area (Å²) in [5.41, 5.74) is 0. The van der Waals surface area contributed by atoms with Gasteiger partial charge in [-0.15, -0.1) is 0 Å². The number of aliphatic hydroxyl groups excluding tert-OH is 3. The van der Waals surface area contributed by atoms with E-state index in [1.54, 1.807) is 0 Å². The van der Waals surface area contributed by atoms with Crippen LogP contribution in [-0.2, 0) is 38.7 Å². The van der Waals surface area contributed by atoms with Gasteiger partial charge in [0.1, 0.15) is 36.8 Å². The van der Waals surface area contributed by atoms with Crippen LogP contribution in [0.3, 0.4) is 0 Å². The van der Waals surface area contributed by atoms with Gasteiger partial charge in [0.05, 0.1) is 6.61 Å². The minimum absolute atomic E-state index is 0.0816. The molecular formula is C55H92O12S. The van der Waals surface area contributed by atoms with Gasteiger partial charge in [0.2, 0.25) is 0 Å². The lowest BCUT2D eigenvalue weighted by Gasteiger charge is -2.40. The van der Waals surface area contributed by atoms with Crippen LogP contribution in [-0.4, -0.2) is 96.0 Å². The standard InChI is InChI=1S/C55H92O12S/c1-3-5-7-9-11-13-15-17-19-21-22-23-24-25-26-28-29-31-33-35-37-39-41-43-50(56)64-45-48(46-65-55-54(60)53(59)52(58)49(67-55)47-68(61,62)63)66-51(57)44-42-40-38-36-34-32-30-27-20-18-16-14-12-10-8-6-4-2/h6,8,12,14-15,17-18,20-22,30,32,36,38,48-49,52-55,58-60H,3-5,7,9-11,13,16,19,23-29,31,33-35,37,39-47H2,1-2H3,(H,61,62,63)/b8-6-,14-12-,17-15-,20-18-,22-21-,32-30-,38-36-. The quantitative estimate of drug-likeness (QED) is 0.0196. The first-order valence-corrected chi connectivity index (χ1v) is 27.8. The van der Waals surface area contributed by atoms with Gasteiger partial charge < -0.3 is 34.3 Å². The molecular weight excluding hydrogens is 885 g/mol. The van der Waals surface area contributed by atoms with Gasteiger partial charge in [-0.05, 0) is 83.5 Å². The summed E-state index contributed by atoms with van der Waals surface area (Å²) < 4.78 is 54.2. The molecule has 1 fully saturated rings. The van der Waals surface area contributed by atoms with Crippen LogP contribution in [0.15, 0.2) is 85.1 Å². The van der Waals surface area contributed by atoms with Gasteiger partial charge in [-0.3, -0.25) is 14.1 Å². The van der Waals surface area contributed by atoms with Gasteiger partial charge in [0.25, 0.3) is 10.1 Å². The molecule has 1 saturated heterocycles. The average Bonchev–Trinajstić information content (AvgIpc) is 3.31. The van der Waals surface area contributed by atoms with Gasteiger partial charge >= 0.3 is 11.9 Å². The Balaban J connectivity index is 2.39. The minimum Gasteiger partial charge on any atom is -0.462 e. The first kappa shape index (κ1) is 62.8. The highest BCUT2D eigenvalue weighted by Crippen LogP contribution is 2.24. The molecule has 6 unspecified atom stereocenters. The molecule has 0 aromatic carbocycles. The lowest BCUT2D eigenvalue weighted by atomic mass is 10.00. The second-order valence-corrected chi connectivity index (χ2v) is 19.3. The zero-order chi connectivity index (χ0) is 49.8. The van der Waals surface area contributed by atoms with Gasteiger partial charge in [-0.2, -0.15) is 8.42 Å². The molecule has 4 N–H and O–H groups in total. The van der Waals surface area contributed by atoms with Crippen molar-refractivity contribution in [2.45, 2.75) is 230 Å². The van der Waals surface area contributed by atoms with E-state index in [9.17, 15) is 37.9 Å². The predicted molar refractivity (Wildman–Crippen MR) is 274 cm³/mol. The summed E-state index contributed by atoms with van der Waals surface area (Å²) in [6.07, 6.45) is 49.2. The van der Waals surface area contributed by atoms with Crippen LogP contribution in [0.4, 0.5) is 0 Å². The molecule has 390 valence electrons. The number of unbranched alkanes of at least 4 members (excludes halogenated alkanes) is 17. The summed E-state index contributed by atoms with van der Waals surface area (Å²) in [6, 6.07) is 0. The number of carbonyl (C=O) groups is 2. The van der Waals surface area contributed by atoms with E-state index in [2.05, 4.69) is 86.8 Å². The van der Waals surface area contributed by atoms with E-state index < -0.39 is 71.2 Å². The number of hydrogen-bond acceptors (Lipinski definition) is 11. The van der Waals surface area contributed by atoms with E-state index in [0.717, 1.165) is 64.2 Å². The highest BCUT2D eigenvalue weighted by atomic mass is 32.2. The summed E-state index contributed by atoms with van der Waals surface area (Å²) in [7, 11) is -4.62. The van der Waals surface area contributed by atoms with Crippen molar-refractivity contribution >= 4 is 22.1 Å². The molecule has 1 aliphatic heterocycles. The van der Waals surface area contributed by atoms with Crippen LogP contribution >= 0.6 is 0 Å². The first-order chi connectivity index (χ1) is 33.0. The molecule has 0 saturated carbocycles. The minimum atomic E-state index is -4.62. The Morgan fingerprint density at radius 1 is 0.515 bits per heavy atom. The number of allylic oxidation sites excluding steroid dienone is 14. The summed E-state index contributed by atoms with van der Waals surface area (Å²) >= 11 is 0. The molecule has 1 heterocycles. The third-order valence-electron chi connectivity index (χ3n) is 11.5. The van der Waals surface area contributed by atoms with Crippen molar-refractivity contribution < 1.29 is 56.8 Å². The Morgan fingerprint density at radius 3 is 1.43 bits per heavy atom. The van der Waals surface area contributed by atoms with Gasteiger partial charge in [-0.25, -0.2) is 0 Å². The molecule has 13 heteroatoms. The Morgan fingerprint density at radius 2 is 0.941 bits per heavy atom. The van der Waals surface area contributed by atoms with Gasteiger partial charge in [0.15, 0.2) is 12.4 Å². The van der Waals surface area contributed by atoms with E-state index in [-0.39, 0.29) is 19.4 Å². The Bertz CT molecular complexity index is 1570. The summed E-state index contributed by atoms with van der Waals surface area (Å²) in [6.45, 7) is 3.60. The molecule has 0 amide bonds. The van der Waals surface area contributed by atoms with Crippen molar-refractivity contribution in [2.75, 3.05) is 19.0 Å². The van der Waals surface area contributed by atoms with Crippen LogP contribution in [0.1, 0.15) is 194 Å². The molecule has 12 nitrogen and oxygen atoms in total. The molecule has 68 heavy (non-hydrogen) atoms. The zero-order valence-corrected chi connectivity index (χ0v) is 42.7. The van der Waals surface area contributed by atoms with E-state index in [0.29, 0.717) is 19.3 Å². The molecule has 1 rings (SSSR count). The Hall–Kier alpha value is -3.17. The van der Waals surface area contributed by atoms with Gasteiger partial charge in [-0.1, -0.05) is 182 Å². The number of ether oxygens (including phenoxy) is 4. The molecule has 0 aromatic heterocycles. The Labute approximate surface area is 411 Å². The number of rotatable bonds is 43. The fourth-order valence-corrected chi connectivity index (χ4v) is 8.14. The van der Waals surface area contributed by atoms with Crippen LogP contribution in [0, 0.1) is 0 Å². The smallest absolute Gasteiger partial charge is 0.306 e. The maximum Gasteiger partial charge on any atom is 0.306 e. The third kappa shape index (κ3) is 37.7. The van der Waals surface area contributed by atoms with Crippen LogP contribution in [0.25, 0.3) is 0 Å². The predicted octanol–water partition coefficient (Wildman–Crippen LogP) is 12.0. The zero-order valence-electron chi connectivity index (χ0n) is 41.9. The largest absolute Gasteiger partial charge is 0.462 e. The summed E-state index contributed by atoms with van der Waals surface area (Å²) in [5.74, 6) is -2.07. The second kappa shape index (κ2) is 43.8. The Kier molecular flexibility index (Phi) is 40.5. The molecule has 0 aliphatic carbocycles. The van der Waals surface area contributed by atoms with Crippen molar-refractivity contribution in [1.29, 1.82) is 0 Å². The fourth-order valence-electron chi connectivity index (χ4n) is 7.45. The number of aliphatic hydroxyl groups is 3. The van der Waals surface area contributed by atoms with Crippen molar-refractivity contribution in [3.05, 3.63) is 85.1 Å². The van der Waals surface area contributed by atoms with Crippen LogP contribution in [0.5, 0.6) is 0 Å². The lowest BCUT2D eigenvalue weighted by molar-refractivity contribution is -0.297. The molecule has 6 atom stereocenters. The second-order valence-electron chi connectivity index (χ2n) is 17.8. The van der Waals surface area contributed by atoms with Crippen LogP contribution < -0.4 is 0 Å². The normalized spacial score (nSPS) is 19.9. The third-order valence-corrected chi connectivity index (χ3v) is 12.2. The maximum atomic E-state index is 12.8. The molecule has 0 bridgehead atoms. The van der Waals surface area contributed by atoms with E-state index in [4.69, 9.17) is 18.9 Å². The summed E-state index contributed by atoms with van der Waals surface area (Å²) in [5, 5.41) is 31.0. The average molecular weight is 977 g/mol. The molecule has 1 aliphatic rings. The molecule has 0 aromatic rings. The van der Waals surface area contributed by atoms with Crippen molar-refractivity contribution in [1.82, 2.24) is 0 Å². The number of esters is 2. The number of hydrogen-bond donors (Lipinski definition) is 4. The monoisotopic (exact) mass is 977 g/mol. The van der Waals surface area contributed by atoms with Crippen molar-refractivity contribution in [2.24, 2.45) is 0 Å². The molecule has 0 radical (unpaired) electrons. The van der Waals surface area contributed by atoms with Crippen molar-refractivity contribution in [3.63, 3.8) is 0 Å². The number of carbonyl (C=O) groups excluding carboxylic acids is 2. The van der Waals surface area contributed by atoms with Crippen molar-refractivity contribution in [3.8, 4) is 0 Å². The fraction of sp³-hybridized carbons (Fsp3) is 0.709. The van der Waals surface area contributed by atoms with Gasteiger partial charge in [0, 0.05) is 12.8 Å². The summed E-state index contributed by atoms with van der Waals surface area (Å²) in [4.78, 5) is 25.5. The van der Waals surface area contributed by atoms with E-state index in [1.165, 1.54) is 83.5 Å². The van der Waals surface area contributed by atoms with E-state index >= 15 is 0 Å². The highest BCUT2D eigenvalue weighted by Gasteiger charge is 2.46. The highest BCUT2D eigenvalue weighted by molar-refractivity contribution is 7.85. The molecule has 0 spiro atoms.